The van der Waals surface area contributed by atoms with E-state index in [-0.39, 0.29) is 0 Å². The number of nitrogens with zero attached hydrogens (tertiary/aromatic N) is 1. The van der Waals surface area contributed by atoms with Crippen LogP contribution in [-0.2, 0) is 0 Å². The number of halogens is 2. The molecule has 0 amide bonds. The monoisotopic (exact) mass is 205 g/mol. The maximum absolute atomic E-state index is 12.3. The van der Waals surface area contributed by atoms with Crippen molar-refractivity contribution in [2.75, 3.05) is 7.11 Å². The summed E-state index contributed by atoms with van der Waals surface area (Å²) in [7, 11) is 1.50. The number of hydrogen-bond acceptors (Lipinski definition) is 2. The lowest BCUT2D eigenvalue weighted by Gasteiger charge is -1.99. The number of aromatic nitrogens is 1. The van der Waals surface area contributed by atoms with Gasteiger partial charge in [0.05, 0.1) is 17.8 Å². The molecule has 0 aliphatic rings. The van der Waals surface area contributed by atoms with Crippen molar-refractivity contribution in [3.8, 4) is 5.75 Å². The lowest BCUT2D eigenvalue weighted by molar-refractivity contribution is 0.407. The molecule has 0 unspecified atom stereocenters. The highest BCUT2D eigenvalue weighted by Crippen LogP contribution is 2.22. The molecule has 54 valence electrons. The van der Waals surface area contributed by atoms with Gasteiger partial charge in [-0.3, -0.25) is 0 Å². The first-order valence-corrected chi connectivity index (χ1v) is 3.38. The summed E-state index contributed by atoms with van der Waals surface area (Å²) in [5, 5.41) is 0. The molecule has 4 heteroatoms. The molecule has 10 heavy (non-hydrogen) atoms. The van der Waals surface area contributed by atoms with Crippen LogP contribution in [0, 0.1) is 5.95 Å². The number of rotatable bonds is 1. The Kier molecular flexibility index (Phi) is 2.21. The van der Waals surface area contributed by atoms with Gasteiger partial charge in [0.2, 0.25) is 5.95 Å². The molecule has 0 radical (unpaired) electrons. The molecule has 2 nitrogen and oxygen atoms in total. The third-order valence-electron chi connectivity index (χ3n) is 1.01. The second-order valence-electron chi connectivity index (χ2n) is 1.64. The first-order chi connectivity index (χ1) is 4.74. The Morgan fingerprint density at radius 1 is 1.70 bits per heavy atom. The van der Waals surface area contributed by atoms with Crippen LogP contribution < -0.4 is 4.74 Å². The fraction of sp³-hybridized carbons (Fsp3) is 0.167. The fourth-order valence-electron chi connectivity index (χ4n) is 0.545. The van der Waals surface area contributed by atoms with Crippen molar-refractivity contribution in [2.45, 2.75) is 0 Å². The van der Waals surface area contributed by atoms with Crippen LogP contribution in [0.1, 0.15) is 0 Å². The molecule has 0 aromatic carbocycles. The van der Waals surface area contributed by atoms with Gasteiger partial charge in [-0.1, -0.05) is 0 Å². The Bertz CT molecular complexity index is 241. The van der Waals surface area contributed by atoms with Crippen LogP contribution in [0.4, 0.5) is 4.39 Å². The molecule has 0 fully saturated rings. The van der Waals surface area contributed by atoms with Crippen LogP contribution in [0.15, 0.2) is 16.7 Å². The van der Waals surface area contributed by atoms with E-state index in [4.69, 9.17) is 4.74 Å². The van der Waals surface area contributed by atoms with Crippen LogP contribution in [0.2, 0.25) is 0 Å². The Morgan fingerprint density at radius 2 is 2.40 bits per heavy atom. The van der Waals surface area contributed by atoms with Gasteiger partial charge in [-0.05, 0) is 15.9 Å². The average Bonchev–Trinajstić information content (AvgIpc) is 1.88. The van der Waals surface area contributed by atoms with Gasteiger partial charge in [0.15, 0.2) is 5.75 Å². The van der Waals surface area contributed by atoms with Crippen molar-refractivity contribution in [1.29, 1.82) is 0 Å². The van der Waals surface area contributed by atoms with E-state index in [9.17, 15) is 4.39 Å². The van der Waals surface area contributed by atoms with Gasteiger partial charge in [-0.15, -0.1) is 0 Å². The van der Waals surface area contributed by atoms with E-state index in [1.54, 1.807) is 0 Å². The highest BCUT2D eigenvalue weighted by atomic mass is 79.9. The Morgan fingerprint density at radius 3 is 2.90 bits per heavy atom. The van der Waals surface area contributed by atoms with Gasteiger partial charge in [0.25, 0.3) is 0 Å². The quantitative estimate of drug-likeness (QED) is 0.655. The molecule has 0 spiro atoms. The maximum Gasteiger partial charge on any atom is 0.214 e. The maximum atomic E-state index is 12.3. The Hall–Kier alpha value is -0.640. The Balaban J connectivity index is 3.07. The highest BCUT2D eigenvalue weighted by molar-refractivity contribution is 9.10. The molecule has 0 aliphatic heterocycles. The van der Waals surface area contributed by atoms with Crippen LogP contribution in [0.5, 0.6) is 5.75 Å². The lowest BCUT2D eigenvalue weighted by Crippen LogP contribution is -1.87. The summed E-state index contributed by atoms with van der Waals surface area (Å²) < 4.78 is 17.7. The summed E-state index contributed by atoms with van der Waals surface area (Å²) in [6, 6.07) is 1.25. The summed E-state index contributed by atoms with van der Waals surface area (Å²) in [5.74, 6) is 0.00840. The van der Waals surface area contributed by atoms with E-state index in [1.165, 1.54) is 19.4 Å². The minimum Gasteiger partial charge on any atom is -0.494 e. The SMILES string of the molecule is COc1cnc(F)cc1Br. The second-order valence-corrected chi connectivity index (χ2v) is 2.50. The highest BCUT2D eigenvalue weighted by Gasteiger charge is 2.00. The molecular formula is C6H5BrFNO. The summed E-state index contributed by atoms with van der Waals surface area (Å²) in [6.45, 7) is 0. The third kappa shape index (κ3) is 1.44. The molecule has 0 saturated carbocycles. The second kappa shape index (κ2) is 2.96. The van der Waals surface area contributed by atoms with Gasteiger partial charge < -0.3 is 4.74 Å². The molecule has 0 saturated heterocycles. The molecule has 0 bridgehead atoms. The minimum absolute atomic E-state index is 0.521. The summed E-state index contributed by atoms with van der Waals surface area (Å²) in [5.41, 5.74) is 0. The molecule has 0 atom stereocenters. The molecule has 1 heterocycles. The number of ether oxygens (including phenoxy) is 1. The summed E-state index contributed by atoms with van der Waals surface area (Å²) in [4.78, 5) is 3.39. The number of hydrogen-bond donors (Lipinski definition) is 0. The van der Waals surface area contributed by atoms with E-state index in [0.717, 1.165) is 0 Å². The van der Waals surface area contributed by atoms with Crippen molar-refractivity contribution in [1.82, 2.24) is 4.98 Å². The molecule has 1 rings (SSSR count). The van der Waals surface area contributed by atoms with Gasteiger partial charge >= 0.3 is 0 Å². The van der Waals surface area contributed by atoms with Crippen LogP contribution in [0.25, 0.3) is 0 Å². The van der Waals surface area contributed by atoms with Crippen molar-refractivity contribution in [3.05, 3.63) is 22.7 Å². The fourth-order valence-corrected chi connectivity index (χ4v) is 0.998. The smallest absolute Gasteiger partial charge is 0.214 e. The van der Waals surface area contributed by atoms with Gasteiger partial charge in [0, 0.05) is 6.07 Å². The molecule has 0 aliphatic carbocycles. The predicted molar refractivity (Wildman–Crippen MR) is 38.4 cm³/mol. The first-order valence-electron chi connectivity index (χ1n) is 2.59. The van der Waals surface area contributed by atoms with E-state index < -0.39 is 5.95 Å². The van der Waals surface area contributed by atoms with Crippen molar-refractivity contribution < 1.29 is 9.13 Å². The minimum atomic E-state index is -0.521. The topological polar surface area (TPSA) is 22.1 Å². The zero-order valence-electron chi connectivity index (χ0n) is 5.27. The van der Waals surface area contributed by atoms with Crippen molar-refractivity contribution >= 4 is 15.9 Å². The van der Waals surface area contributed by atoms with Crippen molar-refractivity contribution in [2.24, 2.45) is 0 Å². The van der Waals surface area contributed by atoms with E-state index in [1.807, 2.05) is 0 Å². The van der Waals surface area contributed by atoms with Crippen LogP contribution in [-0.4, -0.2) is 12.1 Å². The normalized spacial score (nSPS) is 9.50. The van der Waals surface area contributed by atoms with Gasteiger partial charge in [-0.25, -0.2) is 4.98 Å². The predicted octanol–water partition coefficient (Wildman–Crippen LogP) is 1.99. The van der Waals surface area contributed by atoms with E-state index >= 15 is 0 Å². The van der Waals surface area contributed by atoms with Crippen LogP contribution >= 0.6 is 15.9 Å². The standard InChI is InChI=1S/C6H5BrFNO/c1-10-5-3-9-6(8)2-4(5)7/h2-3H,1H3. The largest absolute Gasteiger partial charge is 0.494 e. The zero-order chi connectivity index (χ0) is 7.56. The zero-order valence-corrected chi connectivity index (χ0v) is 6.85. The van der Waals surface area contributed by atoms with E-state index in [0.29, 0.717) is 10.2 Å². The third-order valence-corrected chi connectivity index (χ3v) is 1.63. The van der Waals surface area contributed by atoms with E-state index in [2.05, 4.69) is 20.9 Å². The summed E-state index contributed by atoms with van der Waals surface area (Å²) >= 11 is 3.10. The summed E-state index contributed by atoms with van der Waals surface area (Å²) in [6.07, 6.45) is 1.32. The molecule has 0 N–H and O–H groups in total. The first kappa shape index (κ1) is 7.47. The average molecular weight is 206 g/mol. The van der Waals surface area contributed by atoms with Gasteiger partial charge in [0.1, 0.15) is 0 Å². The van der Waals surface area contributed by atoms with Gasteiger partial charge in [-0.2, -0.15) is 4.39 Å². The molecular weight excluding hydrogens is 201 g/mol. The number of methoxy groups -OCH3 is 1. The Labute approximate surface area is 66.2 Å². The van der Waals surface area contributed by atoms with Crippen LogP contribution in [0.3, 0.4) is 0 Å². The lowest BCUT2D eigenvalue weighted by atomic mass is 10.5. The molecule has 1 aromatic rings. The number of pyridine rings is 1. The molecule has 1 aromatic heterocycles. The van der Waals surface area contributed by atoms with Crippen molar-refractivity contribution in [3.63, 3.8) is 0 Å².